The highest BCUT2D eigenvalue weighted by molar-refractivity contribution is 6.33. The third kappa shape index (κ3) is 5.16. The lowest BCUT2D eigenvalue weighted by atomic mass is 10.0. The first-order valence-corrected chi connectivity index (χ1v) is 10.4. The van der Waals surface area contributed by atoms with Crippen LogP contribution < -0.4 is 10.9 Å². The fraction of sp³-hybridized carbons (Fsp3) is 0.0400. The first-order valence-electron chi connectivity index (χ1n) is 9.99. The zero-order chi connectivity index (χ0) is 23.2. The fourth-order valence-electron chi connectivity index (χ4n) is 3.19. The van der Waals surface area contributed by atoms with Gasteiger partial charge in [0.1, 0.15) is 0 Å². The monoisotopic (exact) mass is 459 g/mol. The van der Waals surface area contributed by atoms with Crippen molar-refractivity contribution in [3.05, 3.63) is 101 Å². The summed E-state index contributed by atoms with van der Waals surface area (Å²) in [5.41, 5.74) is 7.01. The van der Waals surface area contributed by atoms with Crippen molar-refractivity contribution >= 4 is 40.3 Å². The van der Waals surface area contributed by atoms with Gasteiger partial charge >= 0.3 is 5.97 Å². The molecule has 164 valence electrons. The first-order chi connectivity index (χ1) is 16.0. The number of rotatable bonds is 5. The number of pyridine rings is 1. The van der Waals surface area contributed by atoms with Gasteiger partial charge in [0.25, 0.3) is 11.8 Å². The van der Waals surface area contributed by atoms with E-state index in [4.69, 9.17) is 16.3 Å². The molecule has 0 aliphatic carbocycles. The molecule has 0 radical (unpaired) electrons. The molecule has 3 aromatic carbocycles. The van der Waals surface area contributed by atoms with Gasteiger partial charge in [-0.2, -0.15) is 0 Å². The summed E-state index contributed by atoms with van der Waals surface area (Å²) >= 11 is 5.96. The predicted molar refractivity (Wildman–Crippen MR) is 125 cm³/mol. The van der Waals surface area contributed by atoms with Crippen LogP contribution in [0.2, 0.25) is 5.02 Å². The average Bonchev–Trinajstić information content (AvgIpc) is 2.86. The molecule has 0 spiro atoms. The molecule has 2 amide bonds. The van der Waals surface area contributed by atoms with E-state index in [9.17, 15) is 14.4 Å². The molecule has 0 fully saturated rings. The van der Waals surface area contributed by atoms with Crippen LogP contribution in [0.3, 0.4) is 0 Å². The van der Waals surface area contributed by atoms with Crippen molar-refractivity contribution in [2.45, 2.75) is 0 Å². The number of hydrogen-bond donors (Lipinski definition) is 2. The van der Waals surface area contributed by atoms with E-state index in [0.29, 0.717) is 16.6 Å². The van der Waals surface area contributed by atoms with Crippen molar-refractivity contribution in [2.75, 3.05) is 6.61 Å². The Bertz CT molecular complexity index is 1340. The van der Waals surface area contributed by atoms with Gasteiger partial charge in [0.15, 0.2) is 6.61 Å². The molecule has 0 unspecified atom stereocenters. The molecule has 0 saturated heterocycles. The van der Waals surface area contributed by atoms with Crippen LogP contribution in [-0.4, -0.2) is 29.4 Å². The third-order valence-corrected chi connectivity index (χ3v) is 5.10. The van der Waals surface area contributed by atoms with Crippen molar-refractivity contribution < 1.29 is 19.1 Å². The molecule has 0 aliphatic heterocycles. The lowest BCUT2D eigenvalue weighted by Crippen LogP contribution is -2.43. The Balaban J connectivity index is 1.45. The van der Waals surface area contributed by atoms with Crippen molar-refractivity contribution in [3.8, 4) is 11.3 Å². The lowest BCUT2D eigenvalue weighted by molar-refractivity contribution is -0.125. The Hall–Kier alpha value is -4.23. The summed E-state index contributed by atoms with van der Waals surface area (Å²) in [5.74, 6) is -1.98. The zero-order valence-electron chi connectivity index (χ0n) is 17.2. The number of ether oxygens (including phenoxy) is 1. The van der Waals surface area contributed by atoms with Crippen LogP contribution in [0.4, 0.5) is 0 Å². The lowest BCUT2D eigenvalue weighted by Gasteiger charge is -2.11. The van der Waals surface area contributed by atoms with Crippen molar-refractivity contribution in [1.29, 1.82) is 0 Å². The standard InChI is InChI=1S/C25H18ClN3O4/c26-20-12-6-4-11-18(20)24(31)29-28-23(30)15-33-25(32)19-14-22(16-8-2-1-3-9-16)27-21-13-7-5-10-17(19)21/h1-14H,15H2,(H,28,30)(H,29,31). The van der Waals surface area contributed by atoms with Crippen LogP contribution in [-0.2, 0) is 9.53 Å². The van der Waals surface area contributed by atoms with Gasteiger partial charge in [0, 0.05) is 10.9 Å². The van der Waals surface area contributed by atoms with Gasteiger partial charge in [-0.3, -0.25) is 20.4 Å². The number of nitrogens with zero attached hydrogens (tertiary/aromatic N) is 1. The van der Waals surface area contributed by atoms with Gasteiger partial charge in [-0.1, -0.05) is 72.3 Å². The van der Waals surface area contributed by atoms with E-state index < -0.39 is 24.4 Å². The second-order valence-electron chi connectivity index (χ2n) is 7.00. The summed E-state index contributed by atoms with van der Waals surface area (Å²) in [7, 11) is 0. The van der Waals surface area contributed by atoms with Crippen LogP contribution in [0.1, 0.15) is 20.7 Å². The maximum Gasteiger partial charge on any atom is 0.339 e. The molecule has 4 aromatic rings. The normalized spacial score (nSPS) is 10.5. The topological polar surface area (TPSA) is 97.4 Å². The molecule has 0 bridgehead atoms. The molecule has 4 rings (SSSR count). The van der Waals surface area contributed by atoms with Crippen molar-refractivity contribution in [3.63, 3.8) is 0 Å². The molecule has 7 nitrogen and oxygen atoms in total. The molecule has 0 saturated carbocycles. The number of esters is 1. The largest absolute Gasteiger partial charge is 0.452 e. The van der Waals surface area contributed by atoms with Gasteiger partial charge in [0.2, 0.25) is 0 Å². The number of carbonyl (C=O) groups is 3. The molecule has 33 heavy (non-hydrogen) atoms. The van der Waals surface area contributed by atoms with E-state index in [2.05, 4.69) is 15.8 Å². The Labute approximate surface area is 194 Å². The minimum Gasteiger partial charge on any atom is -0.452 e. The maximum absolute atomic E-state index is 12.8. The number of benzene rings is 3. The smallest absolute Gasteiger partial charge is 0.339 e. The van der Waals surface area contributed by atoms with E-state index in [1.165, 1.54) is 6.07 Å². The van der Waals surface area contributed by atoms with Crippen LogP contribution in [0.15, 0.2) is 84.9 Å². The summed E-state index contributed by atoms with van der Waals surface area (Å²) in [4.78, 5) is 41.7. The summed E-state index contributed by atoms with van der Waals surface area (Å²) in [6.07, 6.45) is 0. The number of hydrazine groups is 1. The number of para-hydroxylation sites is 1. The van der Waals surface area contributed by atoms with Gasteiger partial charge in [-0.25, -0.2) is 9.78 Å². The predicted octanol–water partition coefficient (Wildman–Crippen LogP) is 4.17. The SMILES string of the molecule is O=C(COC(=O)c1cc(-c2ccccc2)nc2ccccc12)NNC(=O)c1ccccc1Cl. The minimum atomic E-state index is -0.703. The minimum absolute atomic E-state index is 0.202. The summed E-state index contributed by atoms with van der Waals surface area (Å²) < 4.78 is 5.19. The molecular weight excluding hydrogens is 442 g/mol. The zero-order valence-corrected chi connectivity index (χ0v) is 18.0. The third-order valence-electron chi connectivity index (χ3n) is 4.77. The number of hydrogen-bond acceptors (Lipinski definition) is 5. The number of aromatic nitrogens is 1. The quantitative estimate of drug-likeness (QED) is 0.345. The molecule has 1 aromatic heterocycles. The second kappa shape index (κ2) is 9.93. The average molecular weight is 460 g/mol. The number of carbonyl (C=O) groups excluding carboxylic acids is 3. The molecule has 0 aliphatic rings. The number of halogens is 1. The fourth-order valence-corrected chi connectivity index (χ4v) is 3.41. The van der Waals surface area contributed by atoms with Crippen LogP contribution in [0.5, 0.6) is 0 Å². The second-order valence-corrected chi connectivity index (χ2v) is 7.40. The maximum atomic E-state index is 12.8. The molecule has 2 N–H and O–H groups in total. The van der Waals surface area contributed by atoms with Gasteiger partial charge in [0.05, 0.1) is 27.4 Å². The van der Waals surface area contributed by atoms with Gasteiger partial charge in [-0.15, -0.1) is 0 Å². The molecule has 1 heterocycles. The summed E-state index contributed by atoms with van der Waals surface area (Å²) in [5, 5.41) is 0.851. The number of fused-ring (bicyclic) bond motifs is 1. The van der Waals surface area contributed by atoms with Crippen LogP contribution in [0, 0.1) is 0 Å². The van der Waals surface area contributed by atoms with Gasteiger partial charge in [-0.05, 0) is 24.3 Å². The highest BCUT2D eigenvalue weighted by Gasteiger charge is 2.17. The molecule has 0 atom stereocenters. The molecular formula is C25H18ClN3O4. The first kappa shape index (κ1) is 22.0. The van der Waals surface area contributed by atoms with E-state index in [1.807, 2.05) is 36.4 Å². The van der Waals surface area contributed by atoms with E-state index in [1.54, 1.807) is 42.5 Å². The summed E-state index contributed by atoms with van der Waals surface area (Å²) in [6, 6.07) is 24.7. The number of amides is 2. The van der Waals surface area contributed by atoms with Crippen LogP contribution in [0.25, 0.3) is 22.2 Å². The Morgan fingerprint density at radius 2 is 1.52 bits per heavy atom. The Morgan fingerprint density at radius 1 is 0.818 bits per heavy atom. The highest BCUT2D eigenvalue weighted by Crippen LogP contribution is 2.25. The highest BCUT2D eigenvalue weighted by atomic mass is 35.5. The van der Waals surface area contributed by atoms with Crippen LogP contribution >= 0.6 is 11.6 Å². The van der Waals surface area contributed by atoms with E-state index in [-0.39, 0.29) is 16.1 Å². The number of nitrogens with one attached hydrogen (secondary N) is 2. The summed E-state index contributed by atoms with van der Waals surface area (Å²) in [6.45, 7) is -0.584. The molecule has 8 heteroatoms. The van der Waals surface area contributed by atoms with Crippen molar-refractivity contribution in [2.24, 2.45) is 0 Å². The van der Waals surface area contributed by atoms with E-state index >= 15 is 0 Å². The Morgan fingerprint density at radius 3 is 2.30 bits per heavy atom. The Kier molecular flexibility index (Phi) is 6.61. The van der Waals surface area contributed by atoms with E-state index in [0.717, 1.165) is 5.56 Å². The van der Waals surface area contributed by atoms with Gasteiger partial charge < -0.3 is 4.74 Å². The van der Waals surface area contributed by atoms with Crippen molar-refractivity contribution in [1.82, 2.24) is 15.8 Å².